The van der Waals surface area contributed by atoms with Crippen LogP contribution in [0, 0.1) is 0 Å². The molecule has 0 saturated carbocycles. The highest BCUT2D eigenvalue weighted by atomic mass is 35.5. The number of hydrogen-bond donors (Lipinski definition) is 3. The Morgan fingerprint density at radius 1 is 0.683 bits per heavy atom. The van der Waals surface area contributed by atoms with Crippen LogP contribution in [0.25, 0.3) is 0 Å². The number of sulfonamides is 2. The van der Waals surface area contributed by atoms with Gasteiger partial charge in [-0.05, 0) is 66.7 Å². The number of para-hydroxylation sites is 1. The predicted molar refractivity (Wildman–Crippen MR) is 162 cm³/mol. The van der Waals surface area contributed by atoms with Gasteiger partial charge < -0.3 is 10.1 Å². The fraction of sp³-hybridized carbons (Fsp3) is 0.0385. The SMILES string of the molecule is COc1ccc(NC(=O)c2ccc(Cl)c(S(=O)(=O)Nc3ccccc3Cl)c2)cc1NS(=O)(=O)c1ccc(Cl)c(Cl)c1. The minimum Gasteiger partial charge on any atom is -0.495 e. The first-order chi connectivity index (χ1) is 19.3. The average molecular weight is 675 g/mol. The van der Waals surface area contributed by atoms with Gasteiger partial charge in [0.05, 0.1) is 43.5 Å². The monoisotopic (exact) mass is 673 g/mol. The zero-order valence-electron chi connectivity index (χ0n) is 20.8. The first-order valence-corrected chi connectivity index (χ1v) is 15.8. The maximum Gasteiger partial charge on any atom is 0.263 e. The Morgan fingerprint density at radius 3 is 2.05 bits per heavy atom. The van der Waals surface area contributed by atoms with Gasteiger partial charge in [-0.25, -0.2) is 16.8 Å². The van der Waals surface area contributed by atoms with E-state index in [2.05, 4.69) is 14.8 Å². The van der Waals surface area contributed by atoms with Crippen molar-refractivity contribution in [2.45, 2.75) is 9.79 Å². The lowest BCUT2D eigenvalue weighted by Crippen LogP contribution is -2.17. The van der Waals surface area contributed by atoms with Gasteiger partial charge in [0.2, 0.25) is 0 Å². The van der Waals surface area contributed by atoms with Crippen LogP contribution in [0.4, 0.5) is 17.1 Å². The van der Waals surface area contributed by atoms with E-state index >= 15 is 0 Å². The molecule has 0 unspecified atom stereocenters. The first kappa shape index (κ1) is 30.8. The molecule has 0 saturated heterocycles. The van der Waals surface area contributed by atoms with Gasteiger partial charge in [-0.1, -0.05) is 58.5 Å². The summed E-state index contributed by atoms with van der Waals surface area (Å²) < 4.78 is 62.0. The number of hydrogen-bond acceptors (Lipinski definition) is 6. The van der Waals surface area contributed by atoms with Gasteiger partial charge in [0.15, 0.2) is 0 Å². The third-order valence-corrected chi connectivity index (χ3v) is 9.78. The Morgan fingerprint density at radius 2 is 1.37 bits per heavy atom. The largest absolute Gasteiger partial charge is 0.495 e. The summed E-state index contributed by atoms with van der Waals surface area (Å²) in [5.74, 6) is -0.531. The maximum absolute atomic E-state index is 13.1. The standard InChI is InChI=1S/C26H19Cl4N3O6S2/c1-39-24-11-7-16(13-23(24)33-40(35,36)17-8-10-18(27)21(30)14-17)31-26(34)15-6-9-20(29)25(12-15)41(37,38)32-22-5-3-2-4-19(22)28/h2-14,32-33H,1H3,(H,31,34). The molecule has 0 fully saturated rings. The van der Waals surface area contributed by atoms with Gasteiger partial charge in [0.1, 0.15) is 10.6 Å². The molecule has 41 heavy (non-hydrogen) atoms. The van der Waals surface area contributed by atoms with Crippen LogP contribution >= 0.6 is 46.4 Å². The number of carbonyl (C=O) groups is 1. The summed E-state index contributed by atoms with van der Waals surface area (Å²) in [5.41, 5.74) is 0.285. The summed E-state index contributed by atoms with van der Waals surface area (Å²) in [4.78, 5) is 12.6. The topological polar surface area (TPSA) is 131 Å². The number of rotatable bonds is 9. The second-order valence-corrected chi connectivity index (χ2v) is 13.2. The summed E-state index contributed by atoms with van der Waals surface area (Å²) in [7, 11) is -7.00. The van der Waals surface area contributed by atoms with E-state index in [9.17, 15) is 21.6 Å². The zero-order chi connectivity index (χ0) is 29.9. The van der Waals surface area contributed by atoms with E-state index < -0.39 is 26.0 Å². The van der Waals surface area contributed by atoms with Crippen molar-refractivity contribution in [1.82, 2.24) is 0 Å². The van der Waals surface area contributed by atoms with Crippen molar-refractivity contribution < 1.29 is 26.4 Å². The van der Waals surface area contributed by atoms with E-state index in [1.54, 1.807) is 12.1 Å². The second-order valence-electron chi connectivity index (χ2n) is 8.28. The molecule has 0 heterocycles. The number of methoxy groups -OCH3 is 1. The van der Waals surface area contributed by atoms with E-state index in [0.717, 1.165) is 6.07 Å². The van der Waals surface area contributed by atoms with Crippen LogP contribution < -0.4 is 19.5 Å². The normalized spacial score (nSPS) is 11.5. The molecule has 0 aromatic heterocycles. The molecule has 214 valence electrons. The molecule has 0 aliphatic heterocycles. The highest BCUT2D eigenvalue weighted by molar-refractivity contribution is 7.93. The van der Waals surface area contributed by atoms with Crippen LogP contribution in [0.3, 0.4) is 0 Å². The van der Waals surface area contributed by atoms with Crippen LogP contribution in [0.15, 0.2) is 88.7 Å². The van der Waals surface area contributed by atoms with E-state index in [4.69, 9.17) is 51.1 Å². The average Bonchev–Trinajstić information content (AvgIpc) is 2.91. The smallest absolute Gasteiger partial charge is 0.263 e. The van der Waals surface area contributed by atoms with Crippen LogP contribution in [0.1, 0.15) is 10.4 Å². The van der Waals surface area contributed by atoms with Crippen molar-refractivity contribution >= 4 is 89.4 Å². The summed E-state index contributed by atoms with van der Waals surface area (Å²) in [5, 5.41) is 2.89. The molecule has 0 spiro atoms. The van der Waals surface area contributed by atoms with Gasteiger partial charge in [0, 0.05) is 11.3 Å². The number of anilines is 3. The summed E-state index contributed by atoms with van der Waals surface area (Å²) in [6, 6.07) is 18.0. The third-order valence-electron chi connectivity index (χ3n) is 5.50. The molecule has 0 bridgehead atoms. The minimum atomic E-state index is -4.22. The van der Waals surface area contributed by atoms with Crippen molar-refractivity contribution in [2.24, 2.45) is 0 Å². The number of halogens is 4. The van der Waals surface area contributed by atoms with Gasteiger partial charge in [0.25, 0.3) is 26.0 Å². The third kappa shape index (κ3) is 7.18. The molecule has 3 N–H and O–H groups in total. The van der Waals surface area contributed by atoms with Gasteiger partial charge >= 0.3 is 0 Å². The Labute approximate surface area is 256 Å². The number of nitrogens with one attached hydrogen (secondary N) is 3. The Balaban J connectivity index is 1.59. The lowest BCUT2D eigenvalue weighted by Gasteiger charge is -2.15. The van der Waals surface area contributed by atoms with Gasteiger partial charge in [-0.2, -0.15) is 0 Å². The molecule has 0 radical (unpaired) electrons. The Bertz CT molecular complexity index is 1870. The van der Waals surface area contributed by atoms with Gasteiger partial charge in [-0.15, -0.1) is 0 Å². The van der Waals surface area contributed by atoms with E-state index in [1.807, 2.05) is 0 Å². The molecule has 15 heteroatoms. The molecule has 0 aliphatic rings. The quantitative estimate of drug-likeness (QED) is 0.173. The van der Waals surface area contributed by atoms with Crippen LogP contribution in [-0.4, -0.2) is 29.9 Å². The molecule has 1 amide bonds. The fourth-order valence-corrected chi connectivity index (χ4v) is 6.81. The van der Waals surface area contributed by atoms with Gasteiger partial charge in [-0.3, -0.25) is 14.2 Å². The van der Waals surface area contributed by atoms with Crippen molar-refractivity contribution in [3.05, 3.63) is 105 Å². The van der Waals surface area contributed by atoms with Crippen molar-refractivity contribution in [3.63, 3.8) is 0 Å². The van der Waals surface area contributed by atoms with Crippen molar-refractivity contribution in [1.29, 1.82) is 0 Å². The molecule has 4 aromatic carbocycles. The molecule has 0 atom stereocenters. The molecular weight excluding hydrogens is 656 g/mol. The van der Waals surface area contributed by atoms with E-state index in [1.165, 1.54) is 67.8 Å². The lowest BCUT2D eigenvalue weighted by molar-refractivity contribution is 0.102. The molecule has 4 aromatic rings. The molecule has 9 nitrogen and oxygen atoms in total. The zero-order valence-corrected chi connectivity index (χ0v) is 25.4. The number of carbonyl (C=O) groups excluding carboxylic acids is 1. The van der Waals surface area contributed by atoms with E-state index in [0.29, 0.717) is 0 Å². The molecular formula is C26H19Cl4N3O6S2. The fourth-order valence-electron chi connectivity index (χ4n) is 3.51. The first-order valence-electron chi connectivity index (χ1n) is 11.3. The summed E-state index contributed by atoms with van der Waals surface area (Å²) >= 11 is 24.1. The van der Waals surface area contributed by atoms with E-state index in [-0.39, 0.29) is 58.3 Å². The van der Waals surface area contributed by atoms with Crippen LogP contribution in [0.5, 0.6) is 5.75 Å². The van der Waals surface area contributed by atoms with Crippen LogP contribution in [0.2, 0.25) is 20.1 Å². The highest BCUT2D eigenvalue weighted by Crippen LogP contribution is 2.33. The maximum atomic E-state index is 13.1. The molecule has 4 rings (SSSR count). The Hall–Kier alpha value is -3.19. The number of benzene rings is 4. The Kier molecular flexibility index (Phi) is 9.27. The molecule has 0 aliphatic carbocycles. The summed E-state index contributed by atoms with van der Waals surface area (Å²) in [6.07, 6.45) is 0. The highest BCUT2D eigenvalue weighted by Gasteiger charge is 2.22. The second kappa shape index (κ2) is 12.4. The lowest BCUT2D eigenvalue weighted by atomic mass is 10.2. The summed E-state index contributed by atoms with van der Waals surface area (Å²) in [6.45, 7) is 0. The predicted octanol–water partition coefficient (Wildman–Crippen LogP) is 7.16. The van der Waals surface area contributed by atoms with Crippen molar-refractivity contribution in [2.75, 3.05) is 21.9 Å². The minimum absolute atomic E-state index is 0.0136. The van der Waals surface area contributed by atoms with Crippen LogP contribution in [-0.2, 0) is 20.0 Å². The number of ether oxygens (including phenoxy) is 1. The van der Waals surface area contributed by atoms with Crippen molar-refractivity contribution in [3.8, 4) is 5.75 Å². The number of amides is 1.